The fourth-order valence-electron chi connectivity index (χ4n) is 3.21. The number of carbonyl (C=O) groups is 1. The highest BCUT2D eigenvalue weighted by atomic mass is 19.4. The highest BCUT2D eigenvalue weighted by molar-refractivity contribution is 5.83. The van der Waals surface area contributed by atoms with Crippen LogP contribution in [0, 0.1) is 5.92 Å². The number of likely N-dealkylation sites (tertiary alicyclic amines) is 1. The van der Waals surface area contributed by atoms with Crippen LogP contribution in [-0.4, -0.2) is 28.6 Å². The zero-order valence-electron chi connectivity index (χ0n) is 13.4. The second-order valence-corrected chi connectivity index (χ2v) is 6.20. The topological polar surface area (TPSA) is 40.5 Å². The molecule has 1 aromatic carbocycles. The Bertz CT molecular complexity index is 720. The summed E-state index contributed by atoms with van der Waals surface area (Å²) in [5.41, 5.74) is -0.364. The molecule has 1 saturated heterocycles. The summed E-state index contributed by atoms with van der Waals surface area (Å²) in [6.45, 7) is 0.116. The van der Waals surface area contributed by atoms with Crippen molar-refractivity contribution in [2.45, 2.75) is 24.7 Å². The predicted octanol–water partition coefficient (Wildman–Crippen LogP) is 3.64. The van der Waals surface area contributed by atoms with Crippen LogP contribution in [0.25, 0.3) is 0 Å². The van der Waals surface area contributed by atoms with Gasteiger partial charge in [0.1, 0.15) is 0 Å². The van der Waals surface area contributed by atoms with Crippen LogP contribution in [0.4, 0.5) is 13.2 Å². The summed E-state index contributed by atoms with van der Waals surface area (Å²) >= 11 is 0. The monoisotopic (exact) mass is 349 g/mol. The van der Waals surface area contributed by atoms with Gasteiger partial charge < -0.3 is 10.0 Å². The molecule has 0 aromatic heterocycles. The molecule has 1 heterocycles. The first-order valence-corrected chi connectivity index (χ1v) is 8.03. The number of allylic oxidation sites excluding steroid dienone is 4. The zero-order chi connectivity index (χ0) is 18.0. The number of amides is 1. The minimum absolute atomic E-state index is 0.116. The molecule has 0 saturated carbocycles. The number of benzene rings is 1. The highest BCUT2D eigenvalue weighted by Crippen LogP contribution is 2.37. The number of hydrogen-bond donors (Lipinski definition) is 1. The molecule has 1 N–H and O–H groups in total. The summed E-state index contributed by atoms with van der Waals surface area (Å²) in [4.78, 5) is 14.3. The van der Waals surface area contributed by atoms with Gasteiger partial charge in [-0.15, -0.1) is 0 Å². The van der Waals surface area contributed by atoms with Gasteiger partial charge in [-0.3, -0.25) is 4.79 Å². The van der Waals surface area contributed by atoms with E-state index in [-0.39, 0.29) is 18.9 Å². The number of hydrogen-bond acceptors (Lipinski definition) is 2. The fraction of sp³-hybridized carbons (Fsp3) is 0.316. The molecule has 1 aliphatic carbocycles. The number of nitrogens with zero attached hydrogens (tertiary/aromatic N) is 1. The maximum atomic E-state index is 13.0. The van der Waals surface area contributed by atoms with E-state index in [9.17, 15) is 23.1 Å². The lowest BCUT2D eigenvalue weighted by Gasteiger charge is -2.27. The van der Waals surface area contributed by atoms with Gasteiger partial charge in [-0.2, -0.15) is 13.2 Å². The van der Waals surface area contributed by atoms with Crippen molar-refractivity contribution in [3.8, 4) is 0 Å². The minimum atomic E-state index is -4.44. The molecule has 3 nitrogen and oxygen atoms in total. The average Bonchev–Trinajstić information content (AvgIpc) is 2.79. The van der Waals surface area contributed by atoms with E-state index in [1.165, 1.54) is 11.0 Å². The third-order valence-corrected chi connectivity index (χ3v) is 4.42. The summed E-state index contributed by atoms with van der Waals surface area (Å²) in [6.07, 6.45) is 5.61. The van der Waals surface area contributed by atoms with E-state index >= 15 is 0 Å². The molecule has 3 rings (SSSR count). The van der Waals surface area contributed by atoms with Crippen molar-refractivity contribution in [2.75, 3.05) is 6.54 Å². The summed E-state index contributed by atoms with van der Waals surface area (Å²) in [7, 11) is 0. The lowest BCUT2D eigenvalue weighted by Crippen LogP contribution is -2.35. The number of alkyl halides is 3. The number of β-amino-alcohol motifs (C(OH)–C–C–N with tert-alkyl or cyclic N) is 1. The molecule has 1 aliphatic heterocycles. The average molecular weight is 349 g/mol. The molecular formula is C19H18F3NO2. The zero-order valence-corrected chi connectivity index (χ0v) is 13.4. The molecule has 2 aliphatic rings. The van der Waals surface area contributed by atoms with Crippen LogP contribution in [0.3, 0.4) is 0 Å². The molecule has 1 fully saturated rings. The Kier molecular flexibility index (Phi) is 4.81. The van der Waals surface area contributed by atoms with E-state index < -0.39 is 29.8 Å². The van der Waals surface area contributed by atoms with Gasteiger partial charge in [0.15, 0.2) is 0 Å². The van der Waals surface area contributed by atoms with E-state index in [1.54, 1.807) is 42.5 Å². The molecule has 1 amide bonds. The van der Waals surface area contributed by atoms with Crippen LogP contribution in [0.5, 0.6) is 0 Å². The number of halogens is 3. The Hall–Kier alpha value is -2.34. The van der Waals surface area contributed by atoms with Crippen molar-refractivity contribution in [2.24, 2.45) is 5.92 Å². The molecule has 6 heteroatoms. The number of rotatable bonds is 2. The molecule has 25 heavy (non-hydrogen) atoms. The summed E-state index contributed by atoms with van der Waals surface area (Å²) in [5.74, 6) is -0.719. The van der Waals surface area contributed by atoms with Crippen LogP contribution in [0.1, 0.15) is 23.6 Å². The molecule has 0 unspecified atom stereocenters. The van der Waals surface area contributed by atoms with Crippen molar-refractivity contribution < 1.29 is 23.1 Å². The summed E-state index contributed by atoms with van der Waals surface area (Å²) in [6, 6.07) is 4.40. The Morgan fingerprint density at radius 3 is 2.44 bits per heavy atom. The molecular weight excluding hydrogens is 331 g/mol. The standard InChI is InChI=1S/C19H18F3NO2/c20-19(21,22)15-9-5-8-14(10-15)17-11-16(24)12-23(17)18(25)13-6-3-1-2-4-7-13/h1-10,13,16-17,24H,11-12H2/t16-,17+/m0/s1. The maximum absolute atomic E-state index is 13.0. The Morgan fingerprint density at radius 2 is 1.80 bits per heavy atom. The smallest absolute Gasteiger partial charge is 0.391 e. The van der Waals surface area contributed by atoms with Crippen molar-refractivity contribution >= 4 is 5.91 Å². The highest BCUT2D eigenvalue weighted by Gasteiger charge is 2.38. The quantitative estimate of drug-likeness (QED) is 0.886. The van der Waals surface area contributed by atoms with Gasteiger partial charge in [-0.25, -0.2) is 0 Å². The first kappa shape index (κ1) is 17.5. The van der Waals surface area contributed by atoms with Gasteiger partial charge in [0.05, 0.1) is 23.6 Å². The van der Waals surface area contributed by atoms with Crippen LogP contribution in [0.15, 0.2) is 60.7 Å². The van der Waals surface area contributed by atoms with Gasteiger partial charge >= 0.3 is 6.18 Å². The second-order valence-electron chi connectivity index (χ2n) is 6.20. The lowest BCUT2D eigenvalue weighted by atomic mass is 9.99. The number of aliphatic hydroxyl groups is 1. The SMILES string of the molecule is O=C(C1C=CC=CC=C1)N1C[C@@H](O)C[C@@H]1c1cccc(C(F)(F)F)c1. The number of carbonyl (C=O) groups excluding carboxylic acids is 1. The van der Waals surface area contributed by atoms with Crippen LogP contribution < -0.4 is 0 Å². The predicted molar refractivity (Wildman–Crippen MR) is 87.4 cm³/mol. The largest absolute Gasteiger partial charge is 0.416 e. The van der Waals surface area contributed by atoms with Gasteiger partial charge in [-0.1, -0.05) is 48.6 Å². The summed E-state index contributed by atoms with van der Waals surface area (Å²) in [5, 5.41) is 10.00. The molecule has 2 atom stereocenters. The number of aliphatic hydroxyl groups excluding tert-OH is 1. The minimum Gasteiger partial charge on any atom is -0.391 e. The molecule has 0 bridgehead atoms. The van der Waals surface area contributed by atoms with Crippen molar-refractivity contribution in [1.29, 1.82) is 0 Å². The Morgan fingerprint density at radius 1 is 1.12 bits per heavy atom. The van der Waals surface area contributed by atoms with Gasteiger partial charge in [-0.05, 0) is 24.1 Å². The van der Waals surface area contributed by atoms with Gasteiger partial charge in [0, 0.05) is 6.54 Å². The van der Waals surface area contributed by atoms with E-state index in [4.69, 9.17) is 0 Å². The molecule has 0 radical (unpaired) electrons. The van der Waals surface area contributed by atoms with E-state index in [0.717, 1.165) is 12.1 Å². The van der Waals surface area contributed by atoms with E-state index in [0.29, 0.717) is 5.56 Å². The third kappa shape index (κ3) is 3.85. The first-order chi connectivity index (χ1) is 11.9. The van der Waals surface area contributed by atoms with Crippen LogP contribution in [-0.2, 0) is 11.0 Å². The van der Waals surface area contributed by atoms with E-state index in [1.807, 2.05) is 0 Å². The van der Waals surface area contributed by atoms with Gasteiger partial charge in [0.2, 0.25) is 5.91 Å². The normalized spacial score (nSPS) is 23.9. The lowest BCUT2D eigenvalue weighted by molar-refractivity contribution is -0.137. The first-order valence-electron chi connectivity index (χ1n) is 8.03. The maximum Gasteiger partial charge on any atom is 0.416 e. The van der Waals surface area contributed by atoms with Crippen LogP contribution in [0.2, 0.25) is 0 Å². The fourth-order valence-corrected chi connectivity index (χ4v) is 3.21. The molecule has 132 valence electrons. The second kappa shape index (κ2) is 6.88. The van der Waals surface area contributed by atoms with Crippen LogP contribution >= 0.6 is 0 Å². The summed E-state index contributed by atoms with van der Waals surface area (Å²) < 4.78 is 38.9. The van der Waals surface area contributed by atoms with Crippen molar-refractivity contribution in [1.82, 2.24) is 4.90 Å². The Balaban J connectivity index is 1.88. The van der Waals surface area contributed by atoms with Crippen molar-refractivity contribution in [3.05, 3.63) is 71.8 Å². The van der Waals surface area contributed by atoms with Crippen molar-refractivity contribution in [3.63, 3.8) is 0 Å². The molecule has 1 aromatic rings. The molecule has 0 spiro atoms. The van der Waals surface area contributed by atoms with Gasteiger partial charge in [0.25, 0.3) is 0 Å². The Labute approximate surface area is 143 Å². The van der Waals surface area contributed by atoms with E-state index in [2.05, 4.69) is 0 Å². The third-order valence-electron chi connectivity index (χ3n) is 4.42.